The molecule has 0 fully saturated rings. The Balaban J connectivity index is 1.94. The molecule has 0 aromatic heterocycles. The Hall–Kier alpha value is -2.86. The van der Waals surface area contributed by atoms with Crippen LogP contribution >= 0.6 is 0 Å². The van der Waals surface area contributed by atoms with Crippen molar-refractivity contribution in [2.75, 3.05) is 0 Å². The van der Waals surface area contributed by atoms with Gasteiger partial charge in [-0.05, 0) is 50.5 Å². The van der Waals surface area contributed by atoms with Gasteiger partial charge in [0.05, 0.1) is 6.04 Å². The normalized spacial score (nSPS) is 13.4. The number of nitrogens with one attached hydrogen (secondary N) is 1. The summed E-state index contributed by atoms with van der Waals surface area (Å²) in [5.41, 5.74) is 7.41. The summed E-state index contributed by atoms with van der Waals surface area (Å²) in [6.45, 7) is 5.90. The van der Waals surface area contributed by atoms with E-state index in [-0.39, 0.29) is 12.0 Å². The van der Waals surface area contributed by atoms with E-state index in [9.17, 15) is 14.7 Å². The molecule has 0 aliphatic rings. The maximum Gasteiger partial charge on any atom is 0.326 e. The SMILES string of the molecule is CC(C)(C)Oc1ccc(C[C@H](N)C(=O)N[C@@H](Cc2ccccc2)C(=O)O)cc1. The third-order valence-electron chi connectivity index (χ3n) is 4.04. The summed E-state index contributed by atoms with van der Waals surface area (Å²) in [7, 11) is 0. The molecule has 150 valence electrons. The Bertz CT molecular complexity index is 782. The van der Waals surface area contributed by atoms with Crippen molar-refractivity contribution in [1.29, 1.82) is 0 Å². The quantitative estimate of drug-likeness (QED) is 0.649. The molecule has 2 aromatic carbocycles. The lowest BCUT2D eigenvalue weighted by Gasteiger charge is -2.21. The first kappa shape index (κ1) is 21.4. The van der Waals surface area contributed by atoms with Gasteiger partial charge >= 0.3 is 5.97 Å². The van der Waals surface area contributed by atoms with Crippen molar-refractivity contribution < 1.29 is 19.4 Å². The third kappa shape index (κ3) is 7.04. The molecule has 0 saturated heterocycles. The van der Waals surface area contributed by atoms with Gasteiger partial charge < -0.3 is 20.9 Å². The van der Waals surface area contributed by atoms with E-state index in [2.05, 4.69) is 5.32 Å². The summed E-state index contributed by atoms with van der Waals surface area (Å²) < 4.78 is 5.77. The van der Waals surface area contributed by atoms with Gasteiger partial charge in [-0.15, -0.1) is 0 Å². The molecule has 6 heteroatoms. The standard InChI is InChI=1S/C22H28N2O4/c1-22(2,3)28-17-11-9-16(10-12-17)13-18(23)20(25)24-19(21(26)27)14-15-7-5-4-6-8-15/h4-12,18-19H,13-14,23H2,1-3H3,(H,24,25)(H,26,27)/t18-,19-/m0/s1. The molecule has 0 heterocycles. The van der Waals surface area contributed by atoms with Crippen molar-refractivity contribution in [2.45, 2.75) is 51.3 Å². The van der Waals surface area contributed by atoms with Crippen LogP contribution in [0.2, 0.25) is 0 Å². The number of ether oxygens (including phenoxy) is 1. The number of carboxylic acids is 1. The number of carbonyl (C=O) groups is 2. The number of amides is 1. The summed E-state index contributed by atoms with van der Waals surface area (Å²) in [4.78, 5) is 23.9. The second kappa shape index (κ2) is 9.37. The first-order valence-electron chi connectivity index (χ1n) is 9.25. The van der Waals surface area contributed by atoms with E-state index >= 15 is 0 Å². The van der Waals surface area contributed by atoms with Crippen molar-refractivity contribution in [2.24, 2.45) is 5.73 Å². The lowest BCUT2D eigenvalue weighted by Crippen LogP contribution is -2.50. The molecule has 0 bridgehead atoms. The van der Waals surface area contributed by atoms with Crippen LogP contribution in [0.1, 0.15) is 31.9 Å². The number of carboxylic acid groups (broad SMARTS) is 1. The summed E-state index contributed by atoms with van der Waals surface area (Å²) in [5.74, 6) is -0.838. The van der Waals surface area contributed by atoms with Gasteiger partial charge in [0.25, 0.3) is 0 Å². The minimum absolute atomic E-state index is 0.202. The van der Waals surface area contributed by atoms with Gasteiger partial charge in [0.1, 0.15) is 17.4 Å². The van der Waals surface area contributed by atoms with Crippen LogP contribution in [0, 0.1) is 0 Å². The maximum absolute atomic E-state index is 12.4. The molecule has 2 rings (SSSR count). The zero-order valence-electron chi connectivity index (χ0n) is 16.5. The molecule has 0 aliphatic carbocycles. The van der Waals surface area contributed by atoms with Gasteiger partial charge in [0.2, 0.25) is 5.91 Å². The molecular formula is C22H28N2O4. The van der Waals surface area contributed by atoms with E-state index in [1.165, 1.54) is 0 Å². The number of nitrogens with two attached hydrogens (primary N) is 1. The molecule has 1 amide bonds. The molecule has 28 heavy (non-hydrogen) atoms. The van der Waals surface area contributed by atoms with E-state index in [4.69, 9.17) is 10.5 Å². The minimum Gasteiger partial charge on any atom is -0.488 e. The first-order valence-corrected chi connectivity index (χ1v) is 9.25. The van der Waals surface area contributed by atoms with Crippen molar-refractivity contribution in [3.63, 3.8) is 0 Å². The number of hydrogen-bond acceptors (Lipinski definition) is 4. The Labute approximate surface area is 165 Å². The van der Waals surface area contributed by atoms with E-state index < -0.39 is 24.0 Å². The van der Waals surface area contributed by atoms with Gasteiger partial charge in [-0.1, -0.05) is 42.5 Å². The fourth-order valence-electron chi connectivity index (χ4n) is 2.72. The molecule has 0 radical (unpaired) electrons. The molecule has 2 atom stereocenters. The number of rotatable bonds is 8. The van der Waals surface area contributed by atoms with E-state index in [1.807, 2.05) is 75.4 Å². The van der Waals surface area contributed by atoms with E-state index in [0.717, 1.165) is 16.9 Å². The zero-order valence-corrected chi connectivity index (χ0v) is 16.5. The third-order valence-corrected chi connectivity index (χ3v) is 4.04. The average molecular weight is 384 g/mol. The van der Waals surface area contributed by atoms with Crippen LogP contribution in [0.25, 0.3) is 0 Å². The fourth-order valence-corrected chi connectivity index (χ4v) is 2.72. The molecule has 6 nitrogen and oxygen atoms in total. The monoisotopic (exact) mass is 384 g/mol. The average Bonchev–Trinajstić information content (AvgIpc) is 2.62. The van der Waals surface area contributed by atoms with Crippen LogP contribution < -0.4 is 15.8 Å². The summed E-state index contributed by atoms with van der Waals surface area (Å²) in [6.07, 6.45) is 0.507. The Morgan fingerprint density at radius 2 is 1.57 bits per heavy atom. The van der Waals surface area contributed by atoms with Crippen molar-refractivity contribution in [3.8, 4) is 5.75 Å². The predicted octanol–water partition coefficient (Wildman–Crippen LogP) is 2.55. The predicted molar refractivity (Wildman–Crippen MR) is 108 cm³/mol. The van der Waals surface area contributed by atoms with Gasteiger partial charge in [-0.2, -0.15) is 0 Å². The molecule has 0 unspecified atom stereocenters. The fraction of sp³-hybridized carbons (Fsp3) is 0.364. The van der Waals surface area contributed by atoms with Crippen molar-refractivity contribution in [1.82, 2.24) is 5.32 Å². The Morgan fingerprint density at radius 3 is 2.11 bits per heavy atom. The van der Waals surface area contributed by atoms with Crippen LogP contribution in [-0.2, 0) is 22.4 Å². The van der Waals surface area contributed by atoms with Crippen LogP contribution in [0.4, 0.5) is 0 Å². The largest absolute Gasteiger partial charge is 0.488 e. The van der Waals surface area contributed by atoms with Crippen molar-refractivity contribution >= 4 is 11.9 Å². The van der Waals surface area contributed by atoms with Crippen LogP contribution in [0.5, 0.6) is 5.75 Å². The van der Waals surface area contributed by atoms with Crippen LogP contribution in [0.15, 0.2) is 54.6 Å². The summed E-state index contributed by atoms with van der Waals surface area (Å²) in [5, 5.41) is 11.9. The Kier molecular flexibility index (Phi) is 7.18. The van der Waals surface area contributed by atoms with Crippen LogP contribution in [-0.4, -0.2) is 34.7 Å². The Morgan fingerprint density at radius 1 is 1.00 bits per heavy atom. The smallest absolute Gasteiger partial charge is 0.326 e. The van der Waals surface area contributed by atoms with E-state index in [1.54, 1.807) is 0 Å². The second-order valence-corrected chi connectivity index (χ2v) is 7.76. The molecule has 0 aliphatic heterocycles. The highest BCUT2D eigenvalue weighted by Crippen LogP contribution is 2.19. The molecule has 2 aromatic rings. The van der Waals surface area contributed by atoms with Gasteiger partial charge in [0.15, 0.2) is 0 Å². The molecule has 0 spiro atoms. The summed E-state index contributed by atoms with van der Waals surface area (Å²) >= 11 is 0. The molecular weight excluding hydrogens is 356 g/mol. The van der Waals surface area contributed by atoms with Crippen LogP contribution in [0.3, 0.4) is 0 Å². The lowest BCUT2D eigenvalue weighted by atomic mass is 10.0. The highest BCUT2D eigenvalue weighted by molar-refractivity contribution is 5.87. The molecule has 4 N–H and O–H groups in total. The van der Waals surface area contributed by atoms with Crippen molar-refractivity contribution in [3.05, 3.63) is 65.7 Å². The van der Waals surface area contributed by atoms with Gasteiger partial charge in [0, 0.05) is 6.42 Å². The van der Waals surface area contributed by atoms with E-state index in [0.29, 0.717) is 6.42 Å². The number of carbonyl (C=O) groups excluding carboxylic acids is 1. The zero-order chi connectivity index (χ0) is 20.7. The highest BCUT2D eigenvalue weighted by atomic mass is 16.5. The number of hydrogen-bond donors (Lipinski definition) is 3. The number of aliphatic carboxylic acids is 1. The maximum atomic E-state index is 12.4. The van der Waals surface area contributed by atoms with Gasteiger partial charge in [-0.3, -0.25) is 4.79 Å². The lowest BCUT2D eigenvalue weighted by molar-refractivity contribution is -0.141. The van der Waals surface area contributed by atoms with Gasteiger partial charge in [-0.25, -0.2) is 4.79 Å². The first-order chi connectivity index (χ1) is 13.1. The highest BCUT2D eigenvalue weighted by Gasteiger charge is 2.23. The molecule has 0 saturated carbocycles. The minimum atomic E-state index is -1.09. The number of benzene rings is 2. The topological polar surface area (TPSA) is 102 Å². The summed E-state index contributed by atoms with van der Waals surface area (Å²) in [6, 6.07) is 14.7. The second-order valence-electron chi connectivity index (χ2n) is 7.76.